The van der Waals surface area contributed by atoms with Gasteiger partial charge in [-0.05, 0) is 61.5 Å². The highest BCUT2D eigenvalue weighted by molar-refractivity contribution is 5.77. The Bertz CT molecular complexity index is 813. The molecule has 6 heteroatoms. The summed E-state index contributed by atoms with van der Waals surface area (Å²) >= 11 is 0. The number of rotatable bonds is 5. The van der Waals surface area contributed by atoms with Gasteiger partial charge in [0.25, 0.3) is 0 Å². The highest BCUT2D eigenvalue weighted by atomic mass is 16.2. The Balaban J connectivity index is 1.33. The van der Waals surface area contributed by atoms with Crippen LogP contribution in [0.1, 0.15) is 36.9 Å². The first kappa shape index (κ1) is 19.8. The molecule has 154 valence electrons. The zero-order valence-corrected chi connectivity index (χ0v) is 17.5. The van der Waals surface area contributed by atoms with Gasteiger partial charge in [0.2, 0.25) is 5.91 Å². The molecule has 2 aromatic rings. The zero-order valence-electron chi connectivity index (χ0n) is 17.5. The minimum absolute atomic E-state index is 0.270. The van der Waals surface area contributed by atoms with Crippen molar-refractivity contribution in [2.75, 3.05) is 38.6 Å². The third kappa shape index (κ3) is 4.75. The molecule has 2 aromatic heterocycles. The molecule has 6 nitrogen and oxygen atoms in total. The Kier molecular flexibility index (Phi) is 5.81. The maximum Gasteiger partial charge on any atom is 0.222 e. The molecular weight excluding hydrogens is 362 g/mol. The molecule has 0 atom stereocenters. The van der Waals surface area contributed by atoms with E-state index in [4.69, 9.17) is 0 Å². The molecule has 0 aromatic carbocycles. The van der Waals surface area contributed by atoms with E-state index < -0.39 is 0 Å². The Morgan fingerprint density at radius 2 is 1.86 bits per heavy atom. The molecule has 0 radical (unpaired) electrons. The van der Waals surface area contributed by atoms with Crippen LogP contribution in [0.5, 0.6) is 0 Å². The van der Waals surface area contributed by atoms with Crippen LogP contribution in [0, 0.1) is 5.41 Å². The van der Waals surface area contributed by atoms with Crippen LogP contribution in [0.3, 0.4) is 0 Å². The summed E-state index contributed by atoms with van der Waals surface area (Å²) < 4.78 is 0. The molecule has 1 amide bonds. The van der Waals surface area contributed by atoms with Crippen LogP contribution in [-0.4, -0.2) is 59.4 Å². The van der Waals surface area contributed by atoms with Gasteiger partial charge in [0.15, 0.2) is 0 Å². The lowest BCUT2D eigenvalue weighted by molar-refractivity contribution is -0.140. The first-order valence-electron chi connectivity index (χ1n) is 10.6. The van der Waals surface area contributed by atoms with Crippen LogP contribution in [0.4, 0.5) is 5.82 Å². The molecule has 1 spiro atoms. The second-order valence-corrected chi connectivity index (χ2v) is 8.77. The van der Waals surface area contributed by atoms with E-state index in [2.05, 4.69) is 27.0 Å². The van der Waals surface area contributed by atoms with E-state index in [1.54, 1.807) is 6.20 Å². The van der Waals surface area contributed by atoms with Gasteiger partial charge < -0.3 is 9.80 Å². The maximum absolute atomic E-state index is 12.5. The molecule has 0 aliphatic carbocycles. The fraction of sp³-hybridized carbons (Fsp3) is 0.522. The molecule has 4 rings (SSSR count). The van der Waals surface area contributed by atoms with Crippen molar-refractivity contribution >= 4 is 11.7 Å². The molecule has 0 bridgehead atoms. The van der Waals surface area contributed by atoms with Crippen molar-refractivity contribution in [3.05, 3.63) is 54.0 Å². The quantitative estimate of drug-likeness (QED) is 0.782. The lowest BCUT2D eigenvalue weighted by atomic mass is 9.72. The van der Waals surface area contributed by atoms with Crippen molar-refractivity contribution in [1.82, 2.24) is 19.8 Å². The molecule has 2 saturated heterocycles. The SMILES string of the molecule is CN(C)c1ccc(CN2CCC3(CCC(=O)N(Cc4ccccn4)C3)CC2)cn1. The van der Waals surface area contributed by atoms with Gasteiger partial charge in [0.05, 0.1) is 12.2 Å². The minimum atomic E-state index is 0.270. The Hall–Kier alpha value is -2.47. The minimum Gasteiger partial charge on any atom is -0.363 e. The molecule has 0 N–H and O–H groups in total. The van der Waals surface area contributed by atoms with E-state index in [0.29, 0.717) is 13.0 Å². The number of carbonyl (C=O) groups excluding carboxylic acids is 1. The summed E-state index contributed by atoms with van der Waals surface area (Å²) in [6, 6.07) is 10.2. The summed E-state index contributed by atoms with van der Waals surface area (Å²) in [5, 5.41) is 0. The van der Waals surface area contributed by atoms with Crippen molar-refractivity contribution in [2.24, 2.45) is 5.41 Å². The summed E-state index contributed by atoms with van der Waals surface area (Å²) in [5.74, 6) is 1.27. The summed E-state index contributed by atoms with van der Waals surface area (Å²) in [7, 11) is 4.02. The van der Waals surface area contributed by atoms with Crippen LogP contribution in [-0.2, 0) is 17.9 Å². The first-order valence-corrected chi connectivity index (χ1v) is 10.6. The summed E-state index contributed by atoms with van der Waals surface area (Å²) in [6.07, 6.45) is 7.80. The fourth-order valence-electron chi connectivity index (χ4n) is 4.56. The van der Waals surface area contributed by atoms with Crippen molar-refractivity contribution < 1.29 is 4.79 Å². The van der Waals surface area contributed by atoms with Crippen molar-refractivity contribution in [3.63, 3.8) is 0 Å². The number of amides is 1. The molecule has 2 fully saturated rings. The highest BCUT2D eigenvalue weighted by Gasteiger charge is 2.40. The molecule has 29 heavy (non-hydrogen) atoms. The van der Waals surface area contributed by atoms with Gasteiger partial charge in [0.1, 0.15) is 5.82 Å². The number of carbonyl (C=O) groups is 1. The smallest absolute Gasteiger partial charge is 0.222 e. The third-order valence-corrected chi connectivity index (χ3v) is 6.42. The van der Waals surface area contributed by atoms with Crippen LogP contribution in [0.15, 0.2) is 42.7 Å². The lowest BCUT2D eigenvalue weighted by Gasteiger charge is -2.47. The molecule has 2 aliphatic heterocycles. The number of piperidine rings is 2. The fourth-order valence-corrected chi connectivity index (χ4v) is 4.56. The Morgan fingerprint density at radius 3 is 2.52 bits per heavy atom. The van der Waals surface area contributed by atoms with Gasteiger partial charge in [-0.2, -0.15) is 0 Å². The number of aromatic nitrogens is 2. The van der Waals surface area contributed by atoms with Gasteiger partial charge in [-0.15, -0.1) is 0 Å². The lowest BCUT2D eigenvalue weighted by Crippen LogP contribution is -2.51. The van der Waals surface area contributed by atoms with E-state index in [9.17, 15) is 4.79 Å². The maximum atomic E-state index is 12.5. The normalized spacial score (nSPS) is 19.5. The predicted molar refractivity (Wildman–Crippen MR) is 114 cm³/mol. The number of hydrogen-bond donors (Lipinski definition) is 0. The van der Waals surface area contributed by atoms with Gasteiger partial charge in [-0.25, -0.2) is 4.98 Å². The van der Waals surface area contributed by atoms with Gasteiger partial charge in [-0.1, -0.05) is 12.1 Å². The van der Waals surface area contributed by atoms with Crippen molar-refractivity contribution in [3.8, 4) is 0 Å². The van der Waals surface area contributed by atoms with Crippen LogP contribution in [0.2, 0.25) is 0 Å². The monoisotopic (exact) mass is 393 g/mol. The van der Waals surface area contributed by atoms with Gasteiger partial charge in [0, 0.05) is 46.0 Å². The van der Waals surface area contributed by atoms with Gasteiger partial charge in [-0.3, -0.25) is 14.7 Å². The average Bonchev–Trinajstić information content (AvgIpc) is 2.74. The first-order chi connectivity index (χ1) is 14.0. The second-order valence-electron chi connectivity index (χ2n) is 8.77. The van der Waals surface area contributed by atoms with E-state index in [-0.39, 0.29) is 11.3 Å². The predicted octanol–water partition coefficient (Wildman–Crippen LogP) is 2.95. The van der Waals surface area contributed by atoms with Crippen molar-refractivity contribution in [1.29, 1.82) is 0 Å². The molecule has 0 unspecified atom stereocenters. The molecule has 0 saturated carbocycles. The van der Waals surface area contributed by atoms with Crippen LogP contribution < -0.4 is 4.90 Å². The van der Waals surface area contributed by atoms with E-state index >= 15 is 0 Å². The second kappa shape index (κ2) is 8.49. The molecular formula is C23H31N5O. The summed E-state index contributed by atoms with van der Waals surface area (Å²) in [4.78, 5) is 28.0. The number of anilines is 1. The van der Waals surface area contributed by atoms with Crippen molar-refractivity contribution in [2.45, 2.75) is 38.8 Å². The van der Waals surface area contributed by atoms with Crippen LogP contribution in [0.25, 0.3) is 0 Å². The third-order valence-electron chi connectivity index (χ3n) is 6.42. The highest BCUT2D eigenvalue weighted by Crippen LogP contribution is 2.40. The summed E-state index contributed by atoms with van der Waals surface area (Å²) in [6.45, 7) is 4.62. The number of nitrogens with zero attached hydrogens (tertiary/aromatic N) is 5. The van der Waals surface area contributed by atoms with E-state index in [1.165, 1.54) is 5.56 Å². The number of hydrogen-bond acceptors (Lipinski definition) is 5. The average molecular weight is 394 g/mol. The largest absolute Gasteiger partial charge is 0.363 e. The Morgan fingerprint density at radius 1 is 1.03 bits per heavy atom. The molecule has 2 aliphatic rings. The van der Waals surface area contributed by atoms with E-state index in [0.717, 1.165) is 57.0 Å². The Labute approximate surface area is 173 Å². The van der Waals surface area contributed by atoms with Crippen LogP contribution >= 0.6 is 0 Å². The zero-order chi connectivity index (χ0) is 20.3. The number of pyridine rings is 2. The van der Waals surface area contributed by atoms with Gasteiger partial charge >= 0.3 is 0 Å². The number of likely N-dealkylation sites (tertiary alicyclic amines) is 2. The van der Waals surface area contributed by atoms with E-state index in [1.807, 2.05) is 48.3 Å². The topological polar surface area (TPSA) is 52.6 Å². The summed E-state index contributed by atoms with van der Waals surface area (Å²) in [5.41, 5.74) is 2.51. The standard InChI is InChI=1S/C23H31N5O/c1-26(2)21-7-6-19(15-25-21)16-27-13-10-23(11-14-27)9-8-22(29)28(18-23)17-20-5-3-4-12-24-20/h3-7,12,15H,8-11,13-14,16-18H2,1-2H3. The molecule has 4 heterocycles.